The van der Waals surface area contributed by atoms with E-state index in [4.69, 9.17) is 9.47 Å². The molecular formula is C18H19NO4. The summed E-state index contributed by atoms with van der Waals surface area (Å²) in [6.07, 6.45) is -0.877. The van der Waals surface area contributed by atoms with E-state index in [0.717, 1.165) is 5.56 Å². The van der Waals surface area contributed by atoms with Gasteiger partial charge in [-0.3, -0.25) is 4.79 Å². The highest BCUT2D eigenvalue weighted by Crippen LogP contribution is 2.14. The van der Waals surface area contributed by atoms with Gasteiger partial charge in [0.25, 0.3) is 5.91 Å². The first-order valence-corrected chi connectivity index (χ1v) is 7.27. The van der Waals surface area contributed by atoms with E-state index in [-0.39, 0.29) is 5.91 Å². The number of rotatable bonds is 6. The number of methoxy groups -OCH3 is 1. The largest absolute Gasteiger partial charge is 0.497 e. The maximum atomic E-state index is 12.0. The van der Waals surface area contributed by atoms with E-state index < -0.39 is 12.1 Å². The first-order valence-electron chi connectivity index (χ1n) is 7.27. The van der Waals surface area contributed by atoms with Gasteiger partial charge in [-0.15, -0.1) is 0 Å². The third-order valence-electron chi connectivity index (χ3n) is 3.27. The van der Waals surface area contributed by atoms with Gasteiger partial charge in [0.1, 0.15) is 5.75 Å². The van der Waals surface area contributed by atoms with Crippen LogP contribution in [0.1, 0.15) is 22.8 Å². The number of hydrogen-bond donors (Lipinski definition) is 1. The molecule has 0 spiro atoms. The van der Waals surface area contributed by atoms with Crippen molar-refractivity contribution in [1.29, 1.82) is 0 Å². The van der Waals surface area contributed by atoms with Crippen molar-refractivity contribution in [2.75, 3.05) is 7.11 Å². The summed E-state index contributed by atoms with van der Waals surface area (Å²) in [6, 6.07) is 16.1. The molecule has 23 heavy (non-hydrogen) atoms. The normalized spacial score (nSPS) is 11.4. The Labute approximate surface area is 135 Å². The molecular weight excluding hydrogens is 294 g/mol. The second kappa shape index (κ2) is 7.98. The summed E-state index contributed by atoms with van der Waals surface area (Å²) in [5.41, 5.74) is 1.32. The number of amides is 1. The standard InChI is InChI=1S/C18H19NO4/c1-13(17(20)19-12-14-7-4-3-5-8-14)23-18(21)15-9-6-10-16(11-15)22-2/h3-11,13H,12H2,1-2H3,(H,19,20)/t13-/m1/s1. The van der Waals surface area contributed by atoms with Crippen LogP contribution in [0, 0.1) is 0 Å². The highest BCUT2D eigenvalue weighted by Gasteiger charge is 2.18. The van der Waals surface area contributed by atoms with Gasteiger partial charge in [0.15, 0.2) is 6.10 Å². The predicted molar refractivity (Wildman–Crippen MR) is 86.2 cm³/mol. The first-order chi connectivity index (χ1) is 11.1. The number of benzene rings is 2. The topological polar surface area (TPSA) is 64.6 Å². The molecule has 5 heteroatoms. The minimum absolute atomic E-state index is 0.340. The summed E-state index contributed by atoms with van der Waals surface area (Å²) < 4.78 is 10.2. The number of carbonyl (C=O) groups excluding carboxylic acids is 2. The molecule has 0 aliphatic heterocycles. The lowest BCUT2D eigenvalue weighted by molar-refractivity contribution is -0.129. The van der Waals surface area contributed by atoms with Gasteiger partial charge in [-0.1, -0.05) is 36.4 Å². The Morgan fingerprint density at radius 3 is 2.52 bits per heavy atom. The zero-order valence-corrected chi connectivity index (χ0v) is 13.1. The Bertz CT molecular complexity index is 670. The Morgan fingerprint density at radius 1 is 1.09 bits per heavy atom. The molecule has 120 valence electrons. The van der Waals surface area contributed by atoms with Crippen LogP contribution in [0.15, 0.2) is 54.6 Å². The van der Waals surface area contributed by atoms with Crippen molar-refractivity contribution in [2.45, 2.75) is 19.6 Å². The monoisotopic (exact) mass is 313 g/mol. The van der Waals surface area contributed by atoms with Crippen LogP contribution in [-0.2, 0) is 16.1 Å². The average molecular weight is 313 g/mol. The van der Waals surface area contributed by atoms with Gasteiger partial charge >= 0.3 is 5.97 Å². The van der Waals surface area contributed by atoms with E-state index in [1.165, 1.54) is 7.11 Å². The van der Waals surface area contributed by atoms with Crippen molar-refractivity contribution in [1.82, 2.24) is 5.32 Å². The third-order valence-corrected chi connectivity index (χ3v) is 3.27. The SMILES string of the molecule is COc1cccc(C(=O)O[C@H](C)C(=O)NCc2ccccc2)c1. The van der Waals surface area contributed by atoms with Gasteiger partial charge in [0, 0.05) is 6.54 Å². The minimum atomic E-state index is -0.877. The third kappa shape index (κ3) is 4.85. The fourth-order valence-electron chi connectivity index (χ4n) is 1.96. The lowest BCUT2D eigenvalue weighted by Gasteiger charge is -2.14. The van der Waals surface area contributed by atoms with E-state index in [1.54, 1.807) is 31.2 Å². The van der Waals surface area contributed by atoms with E-state index >= 15 is 0 Å². The Balaban J connectivity index is 1.88. The zero-order chi connectivity index (χ0) is 16.7. The number of carbonyl (C=O) groups is 2. The fourth-order valence-corrected chi connectivity index (χ4v) is 1.96. The number of hydrogen-bond acceptors (Lipinski definition) is 4. The highest BCUT2D eigenvalue weighted by atomic mass is 16.5. The molecule has 2 aromatic rings. The van der Waals surface area contributed by atoms with Crippen molar-refractivity contribution in [3.8, 4) is 5.75 Å². The van der Waals surface area contributed by atoms with Gasteiger partial charge in [0.2, 0.25) is 0 Å². The Kier molecular flexibility index (Phi) is 5.74. The van der Waals surface area contributed by atoms with Crippen molar-refractivity contribution in [3.05, 3.63) is 65.7 Å². The van der Waals surface area contributed by atoms with Gasteiger partial charge in [-0.25, -0.2) is 4.79 Å². The van der Waals surface area contributed by atoms with Crippen LogP contribution in [0.3, 0.4) is 0 Å². The lowest BCUT2D eigenvalue weighted by Crippen LogP contribution is -2.35. The molecule has 0 saturated heterocycles. The van der Waals surface area contributed by atoms with Crippen LogP contribution in [0.4, 0.5) is 0 Å². The van der Waals surface area contributed by atoms with Crippen molar-refractivity contribution < 1.29 is 19.1 Å². The summed E-state index contributed by atoms with van der Waals surface area (Å²) in [4.78, 5) is 24.0. The van der Waals surface area contributed by atoms with E-state index in [1.807, 2.05) is 30.3 Å². The molecule has 0 saturated carbocycles. The second-order valence-corrected chi connectivity index (χ2v) is 4.98. The summed E-state index contributed by atoms with van der Waals surface area (Å²) in [7, 11) is 1.52. The van der Waals surface area contributed by atoms with Gasteiger partial charge < -0.3 is 14.8 Å². The second-order valence-electron chi connectivity index (χ2n) is 4.98. The number of esters is 1. The van der Waals surface area contributed by atoms with Gasteiger partial charge in [0.05, 0.1) is 12.7 Å². The smallest absolute Gasteiger partial charge is 0.339 e. The highest BCUT2D eigenvalue weighted by molar-refractivity contribution is 5.92. The quantitative estimate of drug-likeness (QED) is 0.833. The van der Waals surface area contributed by atoms with Gasteiger partial charge in [-0.05, 0) is 30.7 Å². The van der Waals surface area contributed by atoms with Crippen LogP contribution < -0.4 is 10.1 Å². The van der Waals surface area contributed by atoms with Crippen molar-refractivity contribution >= 4 is 11.9 Å². The molecule has 0 aliphatic rings. The van der Waals surface area contributed by atoms with E-state index in [9.17, 15) is 9.59 Å². The zero-order valence-electron chi connectivity index (χ0n) is 13.1. The maximum absolute atomic E-state index is 12.0. The molecule has 0 bridgehead atoms. The minimum Gasteiger partial charge on any atom is -0.497 e. The molecule has 0 radical (unpaired) electrons. The molecule has 1 atom stereocenters. The van der Waals surface area contributed by atoms with Crippen LogP contribution in [0.2, 0.25) is 0 Å². The molecule has 1 N–H and O–H groups in total. The van der Waals surface area contributed by atoms with Crippen molar-refractivity contribution in [2.24, 2.45) is 0 Å². The number of nitrogens with one attached hydrogen (secondary N) is 1. The fraction of sp³-hybridized carbons (Fsp3) is 0.222. The molecule has 0 aliphatic carbocycles. The average Bonchev–Trinajstić information content (AvgIpc) is 2.60. The maximum Gasteiger partial charge on any atom is 0.339 e. The molecule has 1 amide bonds. The first kappa shape index (κ1) is 16.5. The molecule has 0 unspecified atom stereocenters. The molecule has 2 rings (SSSR count). The van der Waals surface area contributed by atoms with Crippen molar-refractivity contribution in [3.63, 3.8) is 0 Å². The number of ether oxygens (including phenoxy) is 2. The summed E-state index contributed by atoms with van der Waals surface area (Å²) in [6.45, 7) is 1.93. The molecule has 2 aromatic carbocycles. The van der Waals surface area contributed by atoms with Crippen LogP contribution >= 0.6 is 0 Å². The van der Waals surface area contributed by atoms with Crippen LogP contribution in [0.25, 0.3) is 0 Å². The van der Waals surface area contributed by atoms with Crippen LogP contribution in [-0.4, -0.2) is 25.1 Å². The lowest BCUT2D eigenvalue weighted by atomic mass is 10.2. The Morgan fingerprint density at radius 2 is 1.83 bits per heavy atom. The van der Waals surface area contributed by atoms with Gasteiger partial charge in [-0.2, -0.15) is 0 Å². The van der Waals surface area contributed by atoms with E-state index in [0.29, 0.717) is 17.9 Å². The summed E-state index contributed by atoms with van der Waals surface area (Å²) >= 11 is 0. The van der Waals surface area contributed by atoms with E-state index in [2.05, 4.69) is 5.32 Å². The Hall–Kier alpha value is -2.82. The summed E-state index contributed by atoms with van der Waals surface area (Å²) in [5.74, 6) is -0.350. The summed E-state index contributed by atoms with van der Waals surface area (Å²) in [5, 5.41) is 2.74. The van der Waals surface area contributed by atoms with Crippen LogP contribution in [0.5, 0.6) is 5.75 Å². The molecule has 0 fully saturated rings. The predicted octanol–water partition coefficient (Wildman–Crippen LogP) is 2.56. The molecule has 0 aromatic heterocycles. The molecule has 5 nitrogen and oxygen atoms in total. The molecule has 0 heterocycles.